The van der Waals surface area contributed by atoms with Gasteiger partial charge in [0.2, 0.25) is 5.91 Å². The summed E-state index contributed by atoms with van der Waals surface area (Å²) < 4.78 is 5.47. The molecule has 0 atom stereocenters. The molecule has 2 aromatic heterocycles. The number of aromatic nitrogens is 1. The first-order valence-corrected chi connectivity index (χ1v) is 10.5. The van der Waals surface area contributed by atoms with Gasteiger partial charge in [0.1, 0.15) is 10.8 Å². The van der Waals surface area contributed by atoms with Crippen molar-refractivity contribution in [2.45, 2.75) is 26.3 Å². The van der Waals surface area contributed by atoms with E-state index in [0.717, 1.165) is 41.5 Å². The molecular formula is C20H20N2O2S2. The highest BCUT2D eigenvalue weighted by Gasteiger charge is 2.22. The molecule has 6 heteroatoms. The summed E-state index contributed by atoms with van der Waals surface area (Å²) in [5.74, 6) is 1.02. The number of benzene rings is 1. The number of carbonyl (C=O) groups excluding carboxylic acids is 1. The van der Waals surface area contributed by atoms with Gasteiger partial charge in [-0.15, -0.1) is 22.7 Å². The third kappa shape index (κ3) is 3.66. The summed E-state index contributed by atoms with van der Waals surface area (Å²) in [5, 5.41) is 5.04. The van der Waals surface area contributed by atoms with Crippen LogP contribution < -0.4 is 4.74 Å². The van der Waals surface area contributed by atoms with E-state index in [-0.39, 0.29) is 5.91 Å². The minimum absolute atomic E-state index is 0.158. The number of rotatable bonds is 5. The van der Waals surface area contributed by atoms with E-state index >= 15 is 0 Å². The molecule has 26 heavy (non-hydrogen) atoms. The van der Waals surface area contributed by atoms with E-state index in [2.05, 4.69) is 16.4 Å². The molecule has 3 aromatic rings. The largest absolute Gasteiger partial charge is 0.494 e. The van der Waals surface area contributed by atoms with Gasteiger partial charge < -0.3 is 9.64 Å². The lowest BCUT2D eigenvalue weighted by Gasteiger charge is -2.26. The number of thiophene rings is 1. The maximum atomic E-state index is 12.6. The van der Waals surface area contributed by atoms with E-state index in [1.54, 1.807) is 22.7 Å². The van der Waals surface area contributed by atoms with Crippen LogP contribution in [0.3, 0.4) is 0 Å². The van der Waals surface area contributed by atoms with Gasteiger partial charge in [0.05, 0.1) is 18.7 Å². The molecule has 0 saturated heterocycles. The summed E-state index contributed by atoms with van der Waals surface area (Å²) in [5.41, 5.74) is 3.20. The van der Waals surface area contributed by atoms with Crippen LogP contribution in [0.15, 0.2) is 41.1 Å². The molecule has 3 heterocycles. The van der Waals surface area contributed by atoms with Crippen molar-refractivity contribution in [1.29, 1.82) is 0 Å². The second-order valence-electron chi connectivity index (χ2n) is 6.21. The van der Waals surface area contributed by atoms with Gasteiger partial charge in [-0.2, -0.15) is 0 Å². The van der Waals surface area contributed by atoms with Crippen LogP contribution in [0.2, 0.25) is 0 Å². The average molecular weight is 385 g/mol. The Bertz CT molecular complexity index is 899. The van der Waals surface area contributed by atoms with Crippen molar-refractivity contribution < 1.29 is 9.53 Å². The number of carbonyl (C=O) groups is 1. The van der Waals surface area contributed by atoms with Gasteiger partial charge in [-0.05, 0) is 54.6 Å². The van der Waals surface area contributed by atoms with Crippen LogP contribution in [-0.4, -0.2) is 28.9 Å². The standard InChI is InChI=1S/C20H20N2O2S2/c1-2-24-17-5-3-14(4-6-17)20-21-16(13-26-20)11-19(23)22-9-7-18-15(12-22)8-10-25-18/h3-6,8,10,13H,2,7,9,11-12H2,1H3. The fraction of sp³-hybridized carbons (Fsp3) is 0.300. The first-order valence-electron chi connectivity index (χ1n) is 8.73. The van der Waals surface area contributed by atoms with E-state index in [0.29, 0.717) is 13.0 Å². The maximum Gasteiger partial charge on any atom is 0.228 e. The number of amides is 1. The highest BCUT2D eigenvalue weighted by Crippen LogP contribution is 2.27. The molecule has 0 bridgehead atoms. The molecule has 1 amide bonds. The third-order valence-electron chi connectivity index (χ3n) is 4.46. The predicted molar refractivity (Wildman–Crippen MR) is 106 cm³/mol. The Morgan fingerprint density at radius 3 is 2.88 bits per heavy atom. The molecule has 1 aliphatic heterocycles. The van der Waals surface area contributed by atoms with Crippen molar-refractivity contribution in [3.05, 3.63) is 57.2 Å². The second-order valence-corrected chi connectivity index (χ2v) is 8.07. The van der Waals surface area contributed by atoms with Crippen molar-refractivity contribution in [3.8, 4) is 16.3 Å². The Morgan fingerprint density at radius 1 is 1.23 bits per heavy atom. The first-order chi connectivity index (χ1) is 12.7. The first kappa shape index (κ1) is 17.2. The zero-order valence-electron chi connectivity index (χ0n) is 14.6. The molecule has 0 saturated carbocycles. The van der Waals surface area contributed by atoms with E-state index in [9.17, 15) is 4.79 Å². The second kappa shape index (κ2) is 7.60. The SMILES string of the molecule is CCOc1ccc(-c2nc(CC(=O)N3CCc4sccc4C3)cs2)cc1. The summed E-state index contributed by atoms with van der Waals surface area (Å²) in [6.45, 7) is 4.17. The van der Waals surface area contributed by atoms with Gasteiger partial charge in [0.25, 0.3) is 0 Å². The van der Waals surface area contributed by atoms with Crippen LogP contribution in [0.25, 0.3) is 10.6 Å². The molecule has 4 rings (SSSR count). The number of thiazole rings is 1. The maximum absolute atomic E-state index is 12.6. The zero-order chi connectivity index (χ0) is 17.9. The molecule has 1 aliphatic rings. The number of fused-ring (bicyclic) bond motifs is 1. The summed E-state index contributed by atoms with van der Waals surface area (Å²) in [7, 11) is 0. The van der Waals surface area contributed by atoms with Gasteiger partial charge in [-0.25, -0.2) is 4.98 Å². The normalized spacial score (nSPS) is 13.5. The van der Waals surface area contributed by atoms with E-state index < -0.39 is 0 Å². The number of hydrogen-bond donors (Lipinski definition) is 0. The average Bonchev–Trinajstić information content (AvgIpc) is 3.31. The highest BCUT2D eigenvalue weighted by atomic mass is 32.1. The lowest BCUT2D eigenvalue weighted by Crippen LogP contribution is -2.36. The molecule has 134 valence electrons. The number of ether oxygens (including phenoxy) is 1. The van der Waals surface area contributed by atoms with E-state index in [4.69, 9.17) is 4.74 Å². The van der Waals surface area contributed by atoms with E-state index in [1.807, 2.05) is 41.5 Å². The van der Waals surface area contributed by atoms with Gasteiger partial charge in [-0.1, -0.05) is 0 Å². The van der Waals surface area contributed by atoms with E-state index in [1.165, 1.54) is 10.4 Å². The Kier molecular flexibility index (Phi) is 5.04. The molecule has 0 fully saturated rings. The monoisotopic (exact) mass is 384 g/mol. The Hall–Kier alpha value is -2.18. The quantitative estimate of drug-likeness (QED) is 0.655. The molecule has 0 aliphatic carbocycles. The fourth-order valence-corrected chi connectivity index (χ4v) is 4.82. The Balaban J connectivity index is 1.41. The number of hydrogen-bond acceptors (Lipinski definition) is 5. The topological polar surface area (TPSA) is 42.4 Å². The van der Waals surface area contributed by atoms with Crippen molar-refractivity contribution in [2.75, 3.05) is 13.2 Å². The van der Waals surface area contributed by atoms with Crippen LogP contribution in [0.4, 0.5) is 0 Å². The Morgan fingerprint density at radius 2 is 2.08 bits per heavy atom. The zero-order valence-corrected chi connectivity index (χ0v) is 16.2. The molecule has 0 N–H and O–H groups in total. The predicted octanol–water partition coefficient (Wildman–Crippen LogP) is 4.40. The van der Waals surface area contributed by atoms with Gasteiger partial charge in [0.15, 0.2) is 0 Å². The fourth-order valence-electron chi connectivity index (χ4n) is 3.11. The van der Waals surface area contributed by atoms with Crippen LogP contribution in [-0.2, 0) is 24.2 Å². The number of nitrogens with zero attached hydrogens (tertiary/aromatic N) is 2. The van der Waals surface area contributed by atoms with Crippen LogP contribution in [0, 0.1) is 0 Å². The lowest BCUT2D eigenvalue weighted by molar-refractivity contribution is -0.131. The van der Waals surface area contributed by atoms with Crippen LogP contribution in [0.1, 0.15) is 23.1 Å². The van der Waals surface area contributed by atoms with Gasteiger partial charge in [-0.3, -0.25) is 4.79 Å². The summed E-state index contributed by atoms with van der Waals surface area (Å²) >= 11 is 3.37. The smallest absolute Gasteiger partial charge is 0.228 e. The summed E-state index contributed by atoms with van der Waals surface area (Å²) in [6, 6.07) is 10.1. The third-order valence-corrected chi connectivity index (χ3v) is 6.42. The van der Waals surface area contributed by atoms with Gasteiger partial charge in [0, 0.05) is 28.9 Å². The molecule has 0 radical (unpaired) electrons. The minimum Gasteiger partial charge on any atom is -0.494 e. The lowest BCUT2D eigenvalue weighted by atomic mass is 10.1. The van der Waals surface area contributed by atoms with Gasteiger partial charge >= 0.3 is 0 Å². The van der Waals surface area contributed by atoms with Crippen molar-refractivity contribution >= 4 is 28.6 Å². The minimum atomic E-state index is 0.158. The summed E-state index contributed by atoms with van der Waals surface area (Å²) in [4.78, 5) is 20.7. The van der Waals surface area contributed by atoms with Crippen LogP contribution in [0.5, 0.6) is 5.75 Å². The molecule has 0 spiro atoms. The summed E-state index contributed by atoms with van der Waals surface area (Å²) in [6.07, 6.45) is 1.33. The van der Waals surface area contributed by atoms with Crippen molar-refractivity contribution in [2.24, 2.45) is 0 Å². The molecule has 1 aromatic carbocycles. The molecule has 4 nitrogen and oxygen atoms in total. The van der Waals surface area contributed by atoms with Crippen LogP contribution >= 0.6 is 22.7 Å². The van der Waals surface area contributed by atoms with Crippen molar-refractivity contribution in [3.63, 3.8) is 0 Å². The highest BCUT2D eigenvalue weighted by molar-refractivity contribution is 7.13. The molecular weight excluding hydrogens is 364 g/mol. The Labute approximate surface area is 161 Å². The van der Waals surface area contributed by atoms with Crippen molar-refractivity contribution in [1.82, 2.24) is 9.88 Å². The molecule has 0 unspecified atom stereocenters.